The van der Waals surface area contributed by atoms with Gasteiger partial charge in [0.25, 0.3) is 0 Å². The zero-order chi connectivity index (χ0) is 34.2. The van der Waals surface area contributed by atoms with Crippen LogP contribution in [0.5, 0.6) is 34.5 Å². The molecule has 256 valence electrons. The van der Waals surface area contributed by atoms with E-state index in [1.165, 1.54) is 0 Å². The summed E-state index contributed by atoms with van der Waals surface area (Å²) in [7, 11) is 9.60. The monoisotopic (exact) mass is 658 g/mol. The average Bonchev–Trinajstić information content (AvgIpc) is 3.11. The van der Waals surface area contributed by atoms with Crippen molar-refractivity contribution in [1.29, 1.82) is 0 Å². The molecule has 2 N–H and O–H groups in total. The highest BCUT2D eigenvalue weighted by Crippen LogP contribution is 2.46. The van der Waals surface area contributed by atoms with Crippen molar-refractivity contribution in [3.63, 3.8) is 0 Å². The van der Waals surface area contributed by atoms with Gasteiger partial charge in [-0.25, -0.2) is 0 Å². The summed E-state index contributed by atoms with van der Waals surface area (Å²) in [4.78, 5) is 26.1. The maximum absolute atomic E-state index is 13.1. The zero-order valence-electron chi connectivity index (χ0n) is 28.7. The van der Waals surface area contributed by atoms with Gasteiger partial charge in [0.15, 0.2) is 23.0 Å². The summed E-state index contributed by atoms with van der Waals surface area (Å²) in [6.45, 7) is 0. The number of carbonyl (C=O) groups is 2. The predicted molar refractivity (Wildman–Crippen MR) is 185 cm³/mol. The van der Waals surface area contributed by atoms with Gasteiger partial charge in [0.05, 0.1) is 42.7 Å². The molecule has 10 nitrogen and oxygen atoms in total. The van der Waals surface area contributed by atoms with Crippen LogP contribution in [0.2, 0.25) is 0 Å². The first-order valence-electron chi connectivity index (χ1n) is 16.4. The Balaban J connectivity index is 1.22. The predicted octanol–water partition coefficient (Wildman–Crippen LogP) is 5.75. The summed E-state index contributed by atoms with van der Waals surface area (Å²) in [5, 5.41) is 6.28. The van der Waals surface area contributed by atoms with Crippen molar-refractivity contribution in [2.75, 3.05) is 42.7 Å². The van der Waals surface area contributed by atoms with Crippen LogP contribution in [0.4, 0.5) is 0 Å². The van der Waals surface area contributed by atoms with E-state index in [9.17, 15) is 9.59 Å². The molecule has 10 heteroatoms. The van der Waals surface area contributed by atoms with Gasteiger partial charge in [-0.15, -0.1) is 0 Å². The van der Waals surface area contributed by atoms with E-state index in [2.05, 4.69) is 10.6 Å². The first-order chi connectivity index (χ1) is 23.3. The van der Waals surface area contributed by atoms with Crippen LogP contribution in [-0.2, 0) is 22.4 Å². The molecular weight excluding hydrogens is 612 g/mol. The number of allylic oxidation sites excluding steroid dienone is 4. The van der Waals surface area contributed by atoms with Gasteiger partial charge in [-0.05, 0) is 85.1 Å². The SMILES string of the molecule is COc1cc2c(c(OC)c1OC)C=C(C=CC(=O)NC1CCCCC1NC(=O)C=CC1=Cc3c(cc(OC)c(OC)c3OC)CC1)CC2. The van der Waals surface area contributed by atoms with Gasteiger partial charge in [0.1, 0.15) is 0 Å². The van der Waals surface area contributed by atoms with Crippen LogP contribution in [0, 0.1) is 0 Å². The van der Waals surface area contributed by atoms with Gasteiger partial charge >= 0.3 is 0 Å². The van der Waals surface area contributed by atoms with Crippen LogP contribution in [-0.4, -0.2) is 66.6 Å². The molecule has 0 radical (unpaired) electrons. The normalized spacial score (nSPS) is 18.6. The second kappa shape index (κ2) is 15.8. The number of ether oxygens (including phenoxy) is 6. The van der Waals surface area contributed by atoms with E-state index in [1.54, 1.807) is 54.8 Å². The Bertz CT molecular complexity index is 1530. The Morgan fingerprint density at radius 2 is 0.979 bits per heavy atom. The number of rotatable bonds is 12. The Labute approximate surface area is 282 Å². The first kappa shape index (κ1) is 34.5. The lowest BCUT2D eigenvalue weighted by Gasteiger charge is -2.32. The number of nitrogens with one attached hydrogen (secondary N) is 2. The van der Waals surface area contributed by atoms with Crippen LogP contribution in [0.3, 0.4) is 0 Å². The molecule has 0 aromatic heterocycles. The molecule has 48 heavy (non-hydrogen) atoms. The number of aryl methyl sites for hydroxylation is 2. The van der Waals surface area contributed by atoms with Crippen LogP contribution < -0.4 is 39.1 Å². The molecule has 2 aromatic rings. The maximum atomic E-state index is 13.1. The number of hydrogen-bond donors (Lipinski definition) is 2. The molecule has 2 unspecified atom stereocenters. The number of methoxy groups -OCH3 is 6. The third kappa shape index (κ3) is 7.48. The molecule has 3 aliphatic carbocycles. The van der Waals surface area contributed by atoms with Crippen LogP contribution in [0.15, 0.2) is 47.6 Å². The molecule has 0 saturated heterocycles. The number of amides is 2. The van der Waals surface area contributed by atoms with Crippen molar-refractivity contribution in [1.82, 2.24) is 10.6 Å². The third-order valence-corrected chi connectivity index (χ3v) is 9.25. The van der Waals surface area contributed by atoms with E-state index in [-0.39, 0.29) is 23.9 Å². The molecule has 0 aliphatic heterocycles. The van der Waals surface area contributed by atoms with Crippen molar-refractivity contribution >= 4 is 24.0 Å². The minimum atomic E-state index is -0.185. The lowest BCUT2D eigenvalue weighted by molar-refractivity contribution is -0.120. The van der Waals surface area contributed by atoms with Gasteiger partial charge in [-0.2, -0.15) is 0 Å². The topological polar surface area (TPSA) is 114 Å². The largest absolute Gasteiger partial charge is 0.493 e. The summed E-state index contributed by atoms with van der Waals surface area (Å²) in [5.41, 5.74) is 6.08. The fourth-order valence-corrected chi connectivity index (χ4v) is 6.83. The molecule has 0 heterocycles. The van der Waals surface area contributed by atoms with E-state index in [0.29, 0.717) is 34.5 Å². The standard InChI is InChI=1S/C38H46N2O8/c1-43-31-21-25-15-11-23(19-27(25)35(45-3)37(31)47-5)13-17-33(41)39-29-9-7-8-10-30(29)40-34(42)18-14-24-12-16-26-22-32(44-2)38(48-6)36(46-4)28(26)20-24/h13-14,17-22,29-30H,7-12,15-16H2,1-6H3,(H,39,41)(H,40,42). The second-order valence-corrected chi connectivity index (χ2v) is 12.1. The van der Waals surface area contributed by atoms with E-state index >= 15 is 0 Å². The summed E-state index contributed by atoms with van der Waals surface area (Å²) in [6, 6.07) is 3.65. The Kier molecular flexibility index (Phi) is 11.4. The minimum absolute atomic E-state index is 0.154. The first-order valence-corrected chi connectivity index (χ1v) is 16.4. The molecule has 1 fully saturated rings. The summed E-state index contributed by atoms with van der Waals surface area (Å²) < 4.78 is 33.4. The molecular formula is C38H46N2O8. The Hall–Kier alpha value is -4.86. The number of fused-ring (bicyclic) bond motifs is 2. The van der Waals surface area contributed by atoms with Gasteiger partial charge < -0.3 is 39.1 Å². The molecule has 2 aromatic carbocycles. The van der Waals surface area contributed by atoms with Crippen molar-refractivity contribution in [3.8, 4) is 34.5 Å². The molecule has 3 aliphatic rings. The van der Waals surface area contributed by atoms with E-state index in [4.69, 9.17) is 28.4 Å². The number of carbonyl (C=O) groups excluding carboxylic acids is 2. The van der Waals surface area contributed by atoms with E-state index < -0.39 is 0 Å². The lowest BCUT2D eigenvalue weighted by atomic mass is 9.89. The molecule has 2 amide bonds. The van der Waals surface area contributed by atoms with E-state index in [1.807, 2.05) is 36.4 Å². The molecule has 2 atom stereocenters. The lowest BCUT2D eigenvalue weighted by Crippen LogP contribution is -2.52. The quantitative estimate of drug-likeness (QED) is 0.277. The van der Waals surface area contributed by atoms with Gasteiger partial charge in [-0.1, -0.05) is 25.0 Å². The number of benzene rings is 2. The number of hydrogen-bond acceptors (Lipinski definition) is 8. The fraction of sp³-hybridized carbons (Fsp3) is 0.421. The van der Waals surface area contributed by atoms with E-state index in [0.717, 1.165) is 84.8 Å². The van der Waals surface area contributed by atoms with Gasteiger partial charge in [0, 0.05) is 35.4 Å². The van der Waals surface area contributed by atoms with Crippen LogP contribution in [0.25, 0.3) is 12.2 Å². The average molecular weight is 659 g/mol. The smallest absolute Gasteiger partial charge is 0.244 e. The Morgan fingerprint density at radius 1 is 0.583 bits per heavy atom. The van der Waals surface area contributed by atoms with Crippen LogP contribution >= 0.6 is 0 Å². The fourth-order valence-electron chi connectivity index (χ4n) is 6.83. The van der Waals surface area contributed by atoms with Gasteiger partial charge in [0.2, 0.25) is 23.3 Å². The highest BCUT2D eigenvalue weighted by Gasteiger charge is 2.28. The zero-order valence-corrected chi connectivity index (χ0v) is 28.7. The summed E-state index contributed by atoms with van der Waals surface area (Å²) in [5.74, 6) is 3.20. The van der Waals surface area contributed by atoms with Crippen molar-refractivity contribution < 1.29 is 38.0 Å². The summed E-state index contributed by atoms with van der Waals surface area (Å²) in [6.07, 6.45) is 17.6. The van der Waals surface area contributed by atoms with Crippen molar-refractivity contribution in [2.45, 2.75) is 63.5 Å². The second-order valence-electron chi connectivity index (χ2n) is 12.1. The summed E-state index contributed by atoms with van der Waals surface area (Å²) >= 11 is 0. The molecule has 5 rings (SSSR count). The maximum Gasteiger partial charge on any atom is 0.244 e. The Morgan fingerprint density at radius 3 is 1.33 bits per heavy atom. The highest BCUT2D eigenvalue weighted by atomic mass is 16.5. The highest BCUT2D eigenvalue weighted by molar-refractivity contribution is 5.90. The molecule has 0 bridgehead atoms. The van der Waals surface area contributed by atoms with Crippen LogP contribution in [0.1, 0.15) is 60.8 Å². The van der Waals surface area contributed by atoms with Crippen molar-refractivity contribution in [3.05, 3.63) is 69.8 Å². The van der Waals surface area contributed by atoms with Gasteiger partial charge in [-0.3, -0.25) is 9.59 Å². The molecule has 0 spiro atoms. The van der Waals surface area contributed by atoms with Crippen molar-refractivity contribution in [2.24, 2.45) is 0 Å². The third-order valence-electron chi connectivity index (χ3n) is 9.25. The minimum Gasteiger partial charge on any atom is -0.493 e. The molecule has 1 saturated carbocycles.